The van der Waals surface area contributed by atoms with Crippen LogP contribution in [0.5, 0.6) is 0 Å². The van der Waals surface area contributed by atoms with Crippen molar-refractivity contribution in [2.24, 2.45) is 0 Å². The summed E-state index contributed by atoms with van der Waals surface area (Å²) in [7, 11) is 3.34. The van der Waals surface area contributed by atoms with Crippen LogP contribution in [0.1, 0.15) is 54.8 Å². The summed E-state index contributed by atoms with van der Waals surface area (Å²) >= 11 is 0. The molecule has 3 rings (SSSR count). The van der Waals surface area contributed by atoms with Crippen LogP contribution in [0.25, 0.3) is 0 Å². The largest absolute Gasteiger partial charge is 0.374 e. The van der Waals surface area contributed by atoms with Crippen molar-refractivity contribution < 1.29 is 14.1 Å². The maximum Gasteiger partial charge on any atom is 0.246 e. The van der Waals surface area contributed by atoms with E-state index in [2.05, 4.69) is 21.2 Å². The van der Waals surface area contributed by atoms with E-state index >= 15 is 0 Å². The van der Waals surface area contributed by atoms with Gasteiger partial charge >= 0.3 is 0 Å². The molecule has 1 amide bonds. The first kappa shape index (κ1) is 16.6. The zero-order chi connectivity index (χ0) is 17.1. The van der Waals surface area contributed by atoms with Gasteiger partial charge in [0.15, 0.2) is 5.82 Å². The second kappa shape index (κ2) is 7.09. The fraction of sp³-hybridized carbons (Fsp3) is 0.529. The Morgan fingerprint density at radius 1 is 1.54 bits per heavy atom. The number of carbonyl (C=O) groups excluding carboxylic acids is 1. The van der Waals surface area contributed by atoms with E-state index in [4.69, 9.17) is 9.26 Å². The van der Waals surface area contributed by atoms with E-state index in [9.17, 15) is 4.79 Å². The number of methoxy groups -OCH3 is 1. The van der Waals surface area contributed by atoms with Crippen molar-refractivity contribution in [3.8, 4) is 0 Å². The summed E-state index contributed by atoms with van der Waals surface area (Å²) in [5.41, 5.74) is 2.07. The van der Waals surface area contributed by atoms with Gasteiger partial charge in [-0.3, -0.25) is 9.78 Å². The van der Waals surface area contributed by atoms with Gasteiger partial charge in [-0.05, 0) is 37.8 Å². The molecule has 0 saturated heterocycles. The smallest absolute Gasteiger partial charge is 0.246 e. The van der Waals surface area contributed by atoms with Crippen LogP contribution in [0.15, 0.2) is 22.9 Å². The Kier molecular flexibility index (Phi) is 4.89. The van der Waals surface area contributed by atoms with E-state index in [0.29, 0.717) is 11.7 Å². The van der Waals surface area contributed by atoms with Crippen LogP contribution in [-0.4, -0.2) is 40.1 Å². The molecular formula is C17H22N4O3. The highest BCUT2D eigenvalue weighted by Gasteiger charge is 2.30. The minimum Gasteiger partial charge on any atom is -0.374 e. The molecule has 1 aliphatic carbocycles. The van der Waals surface area contributed by atoms with Crippen molar-refractivity contribution in [2.45, 2.75) is 44.8 Å². The lowest BCUT2D eigenvalue weighted by Gasteiger charge is -2.27. The summed E-state index contributed by atoms with van der Waals surface area (Å²) in [6.07, 6.45) is 4.32. The SMILES string of the molecule is CO[C@H](C)c1noc(CN(C)C(=O)[C@@H]2CCCc3cccnc32)n1. The van der Waals surface area contributed by atoms with E-state index in [1.54, 1.807) is 25.3 Å². The zero-order valence-electron chi connectivity index (χ0n) is 14.2. The molecule has 128 valence electrons. The number of aromatic nitrogens is 3. The average molecular weight is 330 g/mol. The third kappa shape index (κ3) is 3.31. The minimum atomic E-state index is -0.238. The highest BCUT2D eigenvalue weighted by atomic mass is 16.5. The third-order valence-corrected chi connectivity index (χ3v) is 4.44. The van der Waals surface area contributed by atoms with Crippen molar-refractivity contribution >= 4 is 5.91 Å². The Morgan fingerprint density at radius 3 is 3.17 bits per heavy atom. The number of pyridine rings is 1. The third-order valence-electron chi connectivity index (χ3n) is 4.44. The van der Waals surface area contributed by atoms with Crippen molar-refractivity contribution in [3.63, 3.8) is 0 Å². The quantitative estimate of drug-likeness (QED) is 0.836. The normalized spacial score (nSPS) is 18.0. The molecule has 2 aromatic rings. The Hall–Kier alpha value is -2.28. The van der Waals surface area contributed by atoms with Gasteiger partial charge in [-0.25, -0.2) is 0 Å². The molecule has 7 heteroatoms. The second-order valence-electron chi connectivity index (χ2n) is 6.11. The summed E-state index contributed by atoms with van der Waals surface area (Å²) in [6, 6.07) is 3.98. The average Bonchev–Trinajstić information content (AvgIpc) is 3.08. The van der Waals surface area contributed by atoms with Gasteiger partial charge < -0.3 is 14.2 Å². The summed E-state index contributed by atoms with van der Waals surface area (Å²) in [4.78, 5) is 23.2. The van der Waals surface area contributed by atoms with E-state index in [0.717, 1.165) is 25.0 Å². The predicted octanol–water partition coefficient (Wildman–Crippen LogP) is 2.25. The highest BCUT2D eigenvalue weighted by molar-refractivity contribution is 5.83. The number of carbonyl (C=O) groups is 1. The molecule has 0 spiro atoms. The van der Waals surface area contributed by atoms with Gasteiger partial charge in [0.2, 0.25) is 11.8 Å². The molecule has 0 fully saturated rings. The number of hydrogen-bond acceptors (Lipinski definition) is 6. The van der Waals surface area contributed by atoms with Crippen molar-refractivity contribution in [3.05, 3.63) is 41.3 Å². The van der Waals surface area contributed by atoms with Gasteiger partial charge in [0.1, 0.15) is 6.10 Å². The molecule has 7 nitrogen and oxygen atoms in total. The molecule has 2 atom stereocenters. The molecule has 0 aromatic carbocycles. The van der Waals surface area contributed by atoms with Crippen molar-refractivity contribution in [1.29, 1.82) is 0 Å². The molecule has 24 heavy (non-hydrogen) atoms. The Labute approximate surface area is 141 Å². The molecule has 0 unspecified atom stereocenters. The van der Waals surface area contributed by atoms with Crippen molar-refractivity contribution in [1.82, 2.24) is 20.0 Å². The lowest BCUT2D eigenvalue weighted by molar-refractivity contribution is -0.132. The summed E-state index contributed by atoms with van der Waals surface area (Å²) in [6.45, 7) is 2.12. The monoisotopic (exact) mass is 330 g/mol. The van der Waals surface area contributed by atoms with Gasteiger partial charge in [-0.2, -0.15) is 4.98 Å². The molecule has 2 aromatic heterocycles. The number of aryl methyl sites for hydroxylation is 1. The highest BCUT2D eigenvalue weighted by Crippen LogP contribution is 2.31. The maximum absolute atomic E-state index is 12.8. The Balaban J connectivity index is 1.70. The van der Waals surface area contributed by atoms with Gasteiger partial charge in [-0.1, -0.05) is 11.2 Å². The molecule has 2 heterocycles. The van der Waals surface area contributed by atoms with Gasteiger partial charge in [0.05, 0.1) is 18.2 Å². The number of rotatable bonds is 5. The lowest BCUT2D eigenvalue weighted by atomic mass is 9.86. The minimum absolute atomic E-state index is 0.0363. The first-order valence-electron chi connectivity index (χ1n) is 8.14. The van der Waals surface area contributed by atoms with Crippen LogP contribution in [0, 0.1) is 0 Å². The zero-order valence-corrected chi connectivity index (χ0v) is 14.2. The summed E-state index contributed by atoms with van der Waals surface area (Å²) < 4.78 is 10.4. The molecule has 0 bridgehead atoms. The first-order valence-corrected chi connectivity index (χ1v) is 8.14. The standard InChI is InChI=1S/C17H22N4O3/c1-11(23-3)16-19-14(24-20-16)10-21(2)17(22)13-8-4-6-12-7-5-9-18-15(12)13/h5,7,9,11,13H,4,6,8,10H2,1-3H3/t11-,13-/m1/s1. The Bertz CT molecular complexity index is 715. The van der Waals surface area contributed by atoms with E-state index in [1.165, 1.54) is 5.56 Å². The molecule has 0 aliphatic heterocycles. The van der Waals surface area contributed by atoms with E-state index in [1.807, 2.05) is 13.0 Å². The summed E-state index contributed by atoms with van der Waals surface area (Å²) in [5.74, 6) is 0.731. The number of likely N-dealkylation sites (N-methyl/N-ethyl adjacent to an activating group) is 1. The summed E-state index contributed by atoms with van der Waals surface area (Å²) in [5, 5.41) is 3.89. The topological polar surface area (TPSA) is 81.4 Å². The fourth-order valence-corrected chi connectivity index (χ4v) is 3.00. The number of hydrogen-bond donors (Lipinski definition) is 0. The molecule has 1 aliphatic rings. The van der Waals surface area contributed by atoms with Gasteiger partial charge in [0.25, 0.3) is 0 Å². The number of ether oxygens (including phenoxy) is 1. The Morgan fingerprint density at radius 2 is 2.38 bits per heavy atom. The van der Waals surface area contributed by atoms with E-state index in [-0.39, 0.29) is 24.5 Å². The van der Waals surface area contributed by atoms with Crippen molar-refractivity contribution in [2.75, 3.05) is 14.2 Å². The van der Waals surface area contributed by atoms with Crippen LogP contribution in [0.2, 0.25) is 0 Å². The second-order valence-corrected chi connectivity index (χ2v) is 6.11. The maximum atomic E-state index is 12.8. The fourth-order valence-electron chi connectivity index (χ4n) is 3.00. The number of fused-ring (bicyclic) bond motifs is 1. The molecule has 0 radical (unpaired) electrons. The molecule has 0 N–H and O–H groups in total. The number of nitrogens with zero attached hydrogens (tertiary/aromatic N) is 4. The van der Waals surface area contributed by atoms with Crippen LogP contribution in [0.4, 0.5) is 0 Å². The van der Waals surface area contributed by atoms with Crippen LogP contribution >= 0.6 is 0 Å². The number of amides is 1. The predicted molar refractivity (Wildman–Crippen MR) is 86.1 cm³/mol. The molecule has 0 saturated carbocycles. The van der Waals surface area contributed by atoms with E-state index < -0.39 is 0 Å². The van der Waals surface area contributed by atoms with Crippen LogP contribution in [0.3, 0.4) is 0 Å². The van der Waals surface area contributed by atoms with Crippen LogP contribution in [-0.2, 0) is 22.5 Å². The van der Waals surface area contributed by atoms with Gasteiger partial charge in [-0.15, -0.1) is 0 Å². The lowest BCUT2D eigenvalue weighted by Crippen LogP contribution is -2.33. The molecular weight excluding hydrogens is 308 g/mol. The first-order chi connectivity index (χ1) is 11.6. The van der Waals surface area contributed by atoms with Gasteiger partial charge in [0, 0.05) is 20.4 Å². The van der Waals surface area contributed by atoms with Crippen LogP contribution < -0.4 is 0 Å².